The third kappa shape index (κ3) is 49.4. The number of hydrogen-bond donors (Lipinski definition) is 0. The maximum atomic E-state index is 12.8. The zero-order valence-corrected chi connectivity index (χ0v) is 43.8. The third-order valence-electron chi connectivity index (χ3n) is 12.1. The van der Waals surface area contributed by atoms with E-state index < -0.39 is 24.3 Å². The zero-order valence-electron chi connectivity index (χ0n) is 43.8. The van der Waals surface area contributed by atoms with E-state index in [1.807, 2.05) is 21.1 Å². The summed E-state index contributed by atoms with van der Waals surface area (Å²) in [6, 6.07) is 0. The van der Waals surface area contributed by atoms with Gasteiger partial charge in [0.15, 0.2) is 12.4 Å². The van der Waals surface area contributed by atoms with Crippen LogP contribution in [0.5, 0.6) is 0 Å². The van der Waals surface area contributed by atoms with E-state index in [0.717, 1.165) is 64.2 Å². The lowest BCUT2D eigenvalue weighted by Crippen LogP contribution is -2.44. The topological polar surface area (TPSA) is 111 Å². The van der Waals surface area contributed by atoms with Gasteiger partial charge in [0, 0.05) is 12.8 Å². The molecule has 0 saturated heterocycles. The summed E-state index contributed by atoms with van der Waals surface area (Å²) in [5.41, 5.74) is 0. The molecule has 0 aromatic carbocycles. The highest BCUT2D eigenvalue weighted by Crippen LogP contribution is 2.16. The molecular formula is C57H105NO8. The number of carbonyl (C=O) groups is 3. The quantitative estimate of drug-likeness (QED) is 0.0195. The van der Waals surface area contributed by atoms with E-state index in [-0.39, 0.29) is 32.2 Å². The van der Waals surface area contributed by atoms with E-state index in [9.17, 15) is 19.5 Å². The summed E-state index contributed by atoms with van der Waals surface area (Å²) >= 11 is 0. The van der Waals surface area contributed by atoms with Crippen LogP contribution in [0, 0.1) is 0 Å². The van der Waals surface area contributed by atoms with Crippen LogP contribution in [-0.4, -0.2) is 82.3 Å². The largest absolute Gasteiger partial charge is 0.545 e. The lowest BCUT2D eigenvalue weighted by Gasteiger charge is -2.26. The first-order chi connectivity index (χ1) is 32.1. The van der Waals surface area contributed by atoms with Crippen molar-refractivity contribution in [1.29, 1.82) is 0 Å². The van der Waals surface area contributed by atoms with Gasteiger partial charge in [-0.3, -0.25) is 9.59 Å². The zero-order chi connectivity index (χ0) is 48.4. The summed E-state index contributed by atoms with van der Waals surface area (Å²) in [5, 5.41) is 11.7. The Bertz CT molecular complexity index is 1180. The number of esters is 2. The van der Waals surface area contributed by atoms with Crippen LogP contribution in [0.1, 0.15) is 251 Å². The van der Waals surface area contributed by atoms with Gasteiger partial charge in [0.05, 0.1) is 40.3 Å². The van der Waals surface area contributed by atoms with E-state index in [1.165, 1.54) is 154 Å². The van der Waals surface area contributed by atoms with Crippen molar-refractivity contribution in [2.24, 2.45) is 0 Å². The van der Waals surface area contributed by atoms with Crippen LogP contribution < -0.4 is 5.11 Å². The van der Waals surface area contributed by atoms with Crippen molar-refractivity contribution in [2.75, 3.05) is 47.5 Å². The van der Waals surface area contributed by atoms with Crippen LogP contribution in [0.4, 0.5) is 0 Å². The van der Waals surface area contributed by atoms with Gasteiger partial charge in [-0.2, -0.15) is 0 Å². The van der Waals surface area contributed by atoms with Crippen LogP contribution in [0.2, 0.25) is 0 Å². The first-order valence-corrected chi connectivity index (χ1v) is 27.6. The van der Waals surface area contributed by atoms with Crippen molar-refractivity contribution < 1.29 is 42.9 Å². The van der Waals surface area contributed by atoms with E-state index in [1.54, 1.807) is 0 Å². The molecule has 0 aliphatic carbocycles. The standard InChI is InChI=1S/C57H105NO8/c1-6-8-10-12-14-16-18-20-22-23-24-25-26-27-28-29-30-31-32-33-34-36-37-39-41-43-45-47-54(59)64-51-53(52-65-57(56(61)62)63-50-49-58(3,4)5)66-55(60)48-46-44-42-40-38-35-21-19-17-15-13-11-9-7-2/h13,15,19,21,23-24,53,57H,6-12,14,16-18,20,22,25-52H2,1-5H3/b15-13-,21-19-,24-23-. The number of quaternary nitrogens is 1. The number of carboxylic acids is 1. The van der Waals surface area contributed by atoms with Crippen LogP contribution in [0.25, 0.3) is 0 Å². The fraction of sp³-hybridized carbons (Fsp3) is 0.842. The van der Waals surface area contributed by atoms with Crippen LogP contribution in [0.15, 0.2) is 36.5 Å². The summed E-state index contributed by atoms with van der Waals surface area (Å²) < 4.78 is 22.6. The summed E-state index contributed by atoms with van der Waals surface area (Å²) in [7, 11) is 5.91. The molecule has 0 amide bonds. The Morgan fingerprint density at radius 1 is 0.455 bits per heavy atom. The minimum atomic E-state index is -1.62. The second kappa shape index (κ2) is 48.9. The number of unbranched alkanes of at least 4 members (excludes halogenated alkanes) is 30. The van der Waals surface area contributed by atoms with Crippen molar-refractivity contribution in [3.8, 4) is 0 Å². The molecule has 386 valence electrons. The molecule has 0 spiro atoms. The highest BCUT2D eigenvalue weighted by molar-refractivity contribution is 5.70. The fourth-order valence-corrected chi connectivity index (χ4v) is 7.78. The molecule has 0 radical (unpaired) electrons. The molecule has 0 saturated carbocycles. The Labute approximate surface area is 407 Å². The molecule has 0 heterocycles. The molecule has 0 bridgehead atoms. The lowest BCUT2D eigenvalue weighted by molar-refractivity contribution is -0.870. The van der Waals surface area contributed by atoms with Gasteiger partial charge in [0.2, 0.25) is 0 Å². The van der Waals surface area contributed by atoms with Crippen LogP contribution in [-0.2, 0) is 33.3 Å². The maximum Gasteiger partial charge on any atom is 0.306 e. The predicted octanol–water partition coefficient (Wildman–Crippen LogP) is 14.4. The number of hydrogen-bond acceptors (Lipinski definition) is 8. The number of nitrogens with zero attached hydrogens (tertiary/aromatic N) is 1. The van der Waals surface area contributed by atoms with Gasteiger partial charge in [-0.25, -0.2) is 0 Å². The monoisotopic (exact) mass is 932 g/mol. The number of carboxylic acid groups (broad SMARTS) is 1. The summed E-state index contributed by atoms with van der Waals surface area (Å²) in [4.78, 5) is 37.2. The summed E-state index contributed by atoms with van der Waals surface area (Å²) in [6.45, 7) is 4.71. The van der Waals surface area contributed by atoms with Gasteiger partial charge >= 0.3 is 11.9 Å². The number of ether oxygens (including phenoxy) is 4. The second-order valence-corrected chi connectivity index (χ2v) is 19.9. The highest BCUT2D eigenvalue weighted by Gasteiger charge is 2.22. The molecule has 9 heteroatoms. The van der Waals surface area contributed by atoms with E-state index in [2.05, 4.69) is 50.3 Å². The smallest absolute Gasteiger partial charge is 0.306 e. The fourth-order valence-electron chi connectivity index (χ4n) is 7.78. The van der Waals surface area contributed by atoms with E-state index in [0.29, 0.717) is 23.9 Å². The molecule has 2 unspecified atom stereocenters. The van der Waals surface area contributed by atoms with E-state index in [4.69, 9.17) is 18.9 Å². The van der Waals surface area contributed by atoms with Crippen molar-refractivity contribution in [3.63, 3.8) is 0 Å². The molecule has 0 aromatic rings. The average molecular weight is 932 g/mol. The highest BCUT2D eigenvalue weighted by atomic mass is 16.7. The van der Waals surface area contributed by atoms with Gasteiger partial charge in [0.1, 0.15) is 13.2 Å². The van der Waals surface area contributed by atoms with Gasteiger partial charge in [-0.1, -0.05) is 211 Å². The van der Waals surface area contributed by atoms with Gasteiger partial charge in [-0.15, -0.1) is 0 Å². The number of rotatable bonds is 51. The van der Waals surface area contributed by atoms with Crippen molar-refractivity contribution in [3.05, 3.63) is 36.5 Å². The first kappa shape index (κ1) is 63.5. The molecule has 9 nitrogen and oxygen atoms in total. The number of aliphatic carboxylic acids is 1. The molecule has 0 aliphatic rings. The number of allylic oxidation sites excluding steroid dienone is 6. The maximum absolute atomic E-state index is 12.8. The average Bonchev–Trinajstić information content (AvgIpc) is 3.28. The van der Waals surface area contributed by atoms with Gasteiger partial charge in [0.25, 0.3) is 0 Å². The molecular weight excluding hydrogens is 827 g/mol. The molecule has 0 aliphatic heterocycles. The van der Waals surface area contributed by atoms with E-state index >= 15 is 0 Å². The lowest BCUT2D eigenvalue weighted by atomic mass is 10.0. The van der Waals surface area contributed by atoms with Crippen LogP contribution in [0.3, 0.4) is 0 Å². The predicted molar refractivity (Wildman–Crippen MR) is 274 cm³/mol. The molecule has 0 fully saturated rings. The van der Waals surface area contributed by atoms with Crippen molar-refractivity contribution in [2.45, 2.75) is 264 Å². The first-order valence-electron chi connectivity index (χ1n) is 27.6. The Hall–Kier alpha value is -2.49. The second-order valence-electron chi connectivity index (χ2n) is 19.9. The molecule has 2 atom stereocenters. The summed E-state index contributed by atoms with van der Waals surface area (Å²) in [6.07, 6.45) is 54.8. The molecule has 66 heavy (non-hydrogen) atoms. The number of likely N-dealkylation sites (N-methyl/N-ethyl adjacent to an activating group) is 1. The SMILES string of the molecule is CCCC/C=C\C/C=C\CCCCCCCC(=O)OC(COC(=O)CCCCCCCCCCCCCCCCC/C=C\CCCCCCCCCC)COC(OCC[N+](C)(C)C)C(=O)[O-]. The Balaban J connectivity index is 4.17. The van der Waals surface area contributed by atoms with Crippen molar-refractivity contribution in [1.82, 2.24) is 0 Å². The normalized spacial score (nSPS) is 13.0. The van der Waals surface area contributed by atoms with Gasteiger partial charge in [-0.05, 0) is 64.2 Å². The summed E-state index contributed by atoms with van der Waals surface area (Å²) in [5.74, 6) is -2.29. The van der Waals surface area contributed by atoms with Crippen LogP contribution >= 0.6 is 0 Å². The molecule has 0 N–H and O–H groups in total. The number of carbonyl (C=O) groups excluding carboxylic acids is 3. The molecule has 0 rings (SSSR count). The van der Waals surface area contributed by atoms with Gasteiger partial charge < -0.3 is 33.3 Å². The minimum Gasteiger partial charge on any atom is -0.545 e. The Kier molecular flexibility index (Phi) is 47.1. The minimum absolute atomic E-state index is 0.145. The third-order valence-corrected chi connectivity index (χ3v) is 12.1. The Morgan fingerprint density at radius 2 is 0.833 bits per heavy atom. The molecule has 0 aromatic heterocycles. The Morgan fingerprint density at radius 3 is 1.26 bits per heavy atom. The van der Waals surface area contributed by atoms with Crippen molar-refractivity contribution >= 4 is 17.9 Å².